The molecule has 0 radical (unpaired) electrons. The van der Waals surface area contributed by atoms with E-state index in [1.54, 1.807) is 0 Å². The van der Waals surface area contributed by atoms with E-state index in [0.717, 1.165) is 63.4 Å². The van der Waals surface area contributed by atoms with Gasteiger partial charge in [-0.3, -0.25) is 9.69 Å². The van der Waals surface area contributed by atoms with E-state index in [1.165, 1.54) is 0 Å². The molecule has 2 aliphatic rings. The van der Waals surface area contributed by atoms with Gasteiger partial charge in [0.1, 0.15) is 11.5 Å². The number of carbonyl (C=O) groups excluding carboxylic acids is 1. The van der Waals surface area contributed by atoms with Crippen LogP contribution in [0.5, 0.6) is 0 Å². The van der Waals surface area contributed by atoms with Gasteiger partial charge < -0.3 is 14.5 Å². The molecule has 1 amide bonds. The number of piperidine rings is 1. The van der Waals surface area contributed by atoms with E-state index in [9.17, 15) is 4.79 Å². The highest BCUT2D eigenvalue weighted by Crippen LogP contribution is 2.34. The van der Waals surface area contributed by atoms with E-state index >= 15 is 0 Å². The van der Waals surface area contributed by atoms with E-state index in [4.69, 9.17) is 9.15 Å². The Kier molecular flexibility index (Phi) is 5.95. The van der Waals surface area contributed by atoms with Crippen LogP contribution in [-0.2, 0) is 16.0 Å². The molecular formula is C19H30N2O3. The van der Waals surface area contributed by atoms with Crippen LogP contribution in [0.1, 0.15) is 57.1 Å². The third kappa shape index (κ3) is 4.39. The van der Waals surface area contributed by atoms with Crippen LogP contribution in [-0.4, -0.2) is 43.2 Å². The van der Waals surface area contributed by atoms with Crippen molar-refractivity contribution in [2.45, 2.75) is 58.0 Å². The molecule has 3 rings (SSSR count). The van der Waals surface area contributed by atoms with Gasteiger partial charge in [0.15, 0.2) is 0 Å². The molecule has 0 bridgehead atoms. The molecule has 0 spiro atoms. The predicted molar refractivity (Wildman–Crippen MR) is 92.8 cm³/mol. The number of furan rings is 1. The summed E-state index contributed by atoms with van der Waals surface area (Å²) in [6.07, 6.45) is 4.95. The Morgan fingerprint density at radius 3 is 2.79 bits per heavy atom. The molecule has 5 heteroatoms. The molecule has 1 N–H and O–H groups in total. The maximum atomic E-state index is 12.5. The minimum absolute atomic E-state index is 0.128. The second kappa shape index (κ2) is 8.17. The predicted octanol–water partition coefficient (Wildman–Crippen LogP) is 2.91. The molecule has 1 aromatic heterocycles. The SMILES string of the molecule is CCc1ccc(C2CC(C)CCN2CC(=O)NC2CCOCC2)o1. The molecule has 1 aromatic rings. The molecule has 0 saturated carbocycles. The van der Waals surface area contributed by atoms with E-state index in [0.29, 0.717) is 12.5 Å². The quantitative estimate of drug-likeness (QED) is 0.899. The zero-order valence-electron chi connectivity index (χ0n) is 14.9. The molecule has 0 aromatic carbocycles. The number of ether oxygens (including phenoxy) is 1. The van der Waals surface area contributed by atoms with Gasteiger partial charge in [0.25, 0.3) is 0 Å². The van der Waals surface area contributed by atoms with Gasteiger partial charge in [-0.05, 0) is 50.3 Å². The molecule has 3 heterocycles. The second-order valence-electron chi connectivity index (χ2n) is 7.23. The fourth-order valence-corrected chi connectivity index (χ4v) is 3.74. The number of rotatable bonds is 5. The first-order valence-electron chi connectivity index (χ1n) is 9.35. The molecular weight excluding hydrogens is 304 g/mol. The standard InChI is InChI=1S/C19H30N2O3/c1-3-16-4-5-18(24-16)17-12-14(2)6-9-21(17)13-19(22)20-15-7-10-23-11-8-15/h4-5,14-15,17H,3,6-13H2,1-2H3,(H,20,22). The van der Waals surface area contributed by atoms with Crippen molar-refractivity contribution >= 4 is 5.91 Å². The normalized spacial score (nSPS) is 26.4. The van der Waals surface area contributed by atoms with Crippen LogP contribution < -0.4 is 5.32 Å². The van der Waals surface area contributed by atoms with Gasteiger partial charge in [-0.1, -0.05) is 13.8 Å². The first kappa shape index (κ1) is 17.5. The van der Waals surface area contributed by atoms with Gasteiger partial charge in [0, 0.05) is 25.7 Å². The molecule has 134 valence electrons. The lowest BCUT2D eigenvalue weighted by Gasteiger charge is -2.37. The smallest absolute Gasteiger partial charge is 0.234 e. The molecule has 2 unspecified atom stereocenters. The summed E-state index contributed by atoms with van der Waals surface area (Å²) in [6, 6.07) is 4.64. The average Bonchev–Trinajstić information content (AvgIpc) is 3.06. The number of nitrogens with one attached hydrogen (secondary N) is 1. The summed E-state index contributed by atoms with van der Waals surface area (Å²) in [7, 11) is 0. The van der Waals surface area contributed by atoms with E-state index < -0.39 is 0 Å². The van der Waals surface area contributed by atoms with Crippen LogP contribution in [0.4, 0.5) is 0 Å². The zero-order valence-corrected chi connectivity index (χ0v) is 14.9. The fourth-order valence-electron chi connectivity index (χ4n) is 3.74. The summed E-state index contributed by atoms with van der Waals surface area (Å²) in [4.78, 5) is 14.8. The lowest BCUT2D eigenvalue weighted by Crippen LogP contribution is -2.46. The maximum absolute atomic E-state index is 12.5. The Bertz CT molecular complexity index is 536. The van der Waals surface area contributed by atoms with Crippen molar-refractivity contribution in [3.63, 3.8) is 0 Å². The first-order chi connectivity index (χ1) is 11.7. The highest BCUT2D eigenvalue weighted by molar-refractivity contribution is 5.78. The van der Waals surface area contributed by atoms with Crippen LogP contribution in [0.15, 0.2) is 16.5 Å². The lowest BCUT2D eigenvalue weighted by molar-refractivity contribution is -0.124. The number of nitrogens with zero attached hydrogens (tertiary/aromatic N) is 1. The number of carbonyl (C=O) groups is 1. The third-order valence-corrected chi connectivity index (χ3v) is 5.27. The van der Waals surface area contributed by atoms with Gasteiger partial charge in [0.05, 0.1) is 12.6 Å². The molecule has 2 fully saturated rings. The van der Waals surface area contributed by atoms with E-state index in [-0.39, 0.29) is 18.0 Å². The largest absolute Gasteiger partial charge is 0.464 e. The number of amides is 1. The molecule has 2 saturated heterocycles. The molecule has 0 aliphatic carbocycles. The Morgan fingerprint density at radius 2 is 2.08 bits per heavy atom. The minimum Gasteiger partial charge on any atom is -0.464 e. The van der Waals surface area contributed by atoms with E-state index in [1.807, 2.05) is 0 Å². The Hall–Kier alpha value is -1.33. The van der Waals surface area contributed by atoms with Crippen molar-refractivity contribution in [1.29, 1.82) is 0 Å². The van der Waals surface area contributed by atoms with Gasteiger partial charge in [-0.25, -0.2) is 0 Å². The average molecular weight is 334 g/mol. The number of hydrogen-bond acceptors (Lipinski definition) is 4. The summed E-state index contributed by atoms with van der Waals surface area (Å²) in [6.45, 7) is 7.30. The van der Waals surface area contributed by atoms with Crippen molar-refractivity contribution in [2.24, 2.45) is 5.92 Å². The topological polar surface area (TPSA) is 54.7 Å². The first-order valence-corrected chi connectivity index (χ1v) is 9.35. The van der Waals surface area contributed by atoms with E-state index in [2.05, 4.69) is 36.2 Å². The van der Waals surface area contributed by atoms with Crippen molar-refractivity contribution in [2.75, 3.05) is 26.3 Å². The highest BCUT2D eigenvalue weighted by Gasteiger charge is 2.31. The highest BCUT2D eigenvalue weighted by atomic mass is 16.5. The van der Waals surface area contributed by atoms with Crippen molar-refractivity contribution in [3.05, 3.63) is 23.7 Å². The molecule has 5 nitrogen and oxygen atoms in total. The summed E-state index contributed by atoms with van der Waals surface area (Å²) in [5.41, 5.74) is 0. The van der Waals surface area contributed by atoms with Crippen LogP contribution >= 0.6 is 0 Å². The molecule has 24 heavy (non-hydrogen) atoms. The Labute approximate surface area is 144 Å². The van der Waals surface area contributed by atoms with Crippen molar-refractivity contribution in [3.8, 4) is 0 Å². The third-order valence-electron chi connectivity index (χ3n) is 5.27. The van der Waals surface area contributed by atoms with Crippen molar-refractivity contribution < 1.29 is 13.9 Å². The maximum Gasteiger partial charge on any atom is 0.234 e. The fraction of sp³-hybridized carbons (Fsp3) is 0.737. The number of hydrogen-bond donors (Lipinski definition) is 1. The van der Waals surface area contributed by atoms with Gasteiger partial charge in [-0.2, -0.15) is 0 Å². The van der Waals surface area contributed by atoms with Gasteiger partial charge in [0.2, 0.25) is 5.91 Å². The second-order valence-corrected chi connectivity index (χ2v) is 7.23. The minimum atomic E-state index is 0.128. The summed E-state index contributed by atoms with van der Waals surface area (Å²) in [5.74, 6) is 2.83. The van der Waals surface area contributed by atoms with Crippen LogP contribution in [0.2, 0.25) is 0 Å². The molecule has 2 atom stereocenters. The number of likely N-dealkylation sites (tertiary alicyclic amines) is 1. The van der Waals surface area contributed by atoms with Gasteiger partial charge in [-0.15, -0.1) is 0 Å². The van der Waals surface area contributed by atoms with Gasteiger partial charge >= 0.3 is 0 Å². The van der Waals surface area contributed by atoms with Crippen molar-refractivity contribution in [1.82, 2.24) is 10.2 Å². The number of aryl methyl sites for hydroxylation is 1. The summed E-state index contributed by atoms with van der Waals surface area (Å²) in [5, 5.41) is 3.17. The van der Waals surface area contributed by atoms with Crippen LogP contribution in [0.25, 0.3) is 0 Å². The Morgan fingerprint density at radius 1 is 1.29 bits per heavy atom. The zero-order chi connectivity index (χ0) is 16.9. The monoisotopic (exact) mass is 334 g/mol. The summed E-state index contributed by atoms with van der Waals surface area (Å²) < 4.78 is 11.3. The Balaban J connectivity index is 1.61. The van der Waals surface area contributed by atoms with Crippen LogP contribution in [0, 0.1) is 5.92 Å². The summed E-state index contributed by atoms with van der Waals surface area (Å²) >= 11 is 0. The molecule has 2 aliphatic heterocycles. The lowest BCUT2D eigenvalue weighted by atomic mass is 9.91. The van der Waals surface area contributed by atoms with Crippen LogP contribution in [0.3, 0.4) is 0 Å².